The van der Waals surface area contributed by atoms with E-state index in [0.29, 0.717) is 0 Å². The van der Waals surface area contributed by atoms with Gasteiger partial charge in [0.05, 0.1) is 0 Å². The van der Waals surface area contributed by atoms with Crippen LogP contribution >= 0.6 is 11.8 Å². The minimum atomic E-state index is 1.24. The molecule has 1 N–H and O–H groups in total. The zero-order valence-corrected chi connectivity index (χ0v) is 9.41. The molecule has 0 unspecified atom stereocenters. The highest BCUT2D eigenvalue weighted by atomic mass is 32.2. The number of allylic oxidation sites excluding steroid dienone is 2. The van der Waals surface area contributed by atoms with Crippen molar-refractivity contribution in [2.45, 2.75) is 46.0 Å². The maximum absolute atomic E-state index is 3.25. The van der Waals surface area contributed by atoms with E-state index in [1.807, 2.05) is 18.0 Å². The van der Waals surface area contributed by atoms with E-state index < -0.39 is 0 Å². The summed E-state index contributed by atoms with van der Waals surface area (Å²) in [6.07, 6.45) is 8.66. The van der Waals surface area contributed by atoms with E-state index in [1.54, 1.807) is 0 Å². The zero-order valence-electron chi connectivity index (χ0n) is 8.60. The number of rotatable bonds is 5. The first kappa shape index (κ1) is 10.7. The lowest BCUT2D eigenvalue weighted by Crippen LogP contribution is -2.06. The highest BCUT2D eigenvalue weighted by Gasteiger charge is 2.04. The number of nitrogens with one attached hydrogen (secondary N) is 1. The van der Waals surface area contributed by atoms with Crippen LogP contribution < -0.4 is 5.32 Å². The SMILES string of the molecule is CCCCCCC1=C(C)NC=CS1. The topological polar surface area (TPSA) is 12.0 Å². The predicted molar refractivity (Wildman–Crippen MR) is 61.3 cm³/mol. The van der Waals surface area contributed by atoms with Gasteiger partial charge in [-0.2, -0.15) is 0 Å². The fraction of sp³-hybridized carbons (Fsp3) is 0.636. The molecule has 0 aromatic rings. The quantitative estimate of drug-likeness (QED) is 0.669. The lowest BCUT2D eigenvalue weighted by molar-refractivity contribution is 0.669. The maximum Gasteiger partial charge on any atom is 0.0215 e. The summed E-state index contributed by atoms with van der Waals surface area (Å²) in [5.41, 5.74) is 1.34. The van der Waals surface area contributed by atoms with Gasteiger partial charge in [0.2, 0.25) is 0 Å². The van der Waals surface area contributed by atoms with Crippen LogP contribution in [0.25, 0.3) is 0 Å². The highest BCUT2D eigenvalue weighted by molar-refractivity contribution is 8.05. The summed E-state index contributed by atoms with van der Waals surface area (Å²) in [5, 5.41) is 5.38. The summed E-state index contributed by atoms with van der Waals surface area (Å²) in [4.78, 5) is 1.51. The molecule has 0 aromatic carbocycles. The normalized spacial score (nSPS) is 16.2. The average Bonchev–Trinajstić information content (AvgIpc) is 2.15. The van der Waals surface area contributed by atoms with Crippen molar-refractivity contribution in [2.75, 3.05) is 0 Å². The summed E-state index contributed by atoms with van der Waals surface area (Å²) in [6.45, 7) is 4.41. The van der Waals surface area contributed by atoms with Crippen LogP contribution in [0.2, 0.25) is 0 Å². The molecule has 0 spiro atoms. The van der Waals surface area contributed by atoms with Crippen molar-refractivity contribution in [2.24, 2.45) is 0 Å². The molecular weight excluding hydrogens is 178 g/mol. The second-order valence-corrected chi connectivity index (χ2v) is 4.42. The molecule has 0 aromatic heterocycles. The third-order valence-corrected chi connectivity index (χ3v) is 3.32. The van der Waals surface area contributed by atoms with Crippen LogP contribution in [0.3, 0.4) is 0 Å². The Morgan fingerprint density at radius 1 is 1.31 bits per heavy atom. The standard InChI is InChI=1S/C11H19NS/c1-3-4-5-6-7-11-10(2)12-8-9-13-11/h8-9,12H,3-7H2,1-2H3. The van der Waals surface area contributed by atoms with Crippen molar-refractivity contribution in [1.29, 1.82) is 0 Å². The van der Waals surface area contributed by atoms with Crippen molar-refractivity contribution in [3.8, 4) is 0 Å². The van der Waals surface area contributed by atoms with E-state index in [4.69, 9.17) is 0 Å². The van der Waals surface area contributed by atoms with Crippen LogP contribution in [0.1, 0.15) is 46.0 Å². The Kier molecular flexibility index (Phi) is 5.06. The molecule has 0 amide bonds. The van der Waals surface area contributed by atoms with Gasteiger partial charge in [-0.25, -0.2) is 0 Å². The molecule has 1 heterocycles. The van der Waals surface area contributed by atoms with Gasteiger partial charge in [-0.3, -0.25) is 0 Å². The molecule has 0 radical (unpaired) electrons. The van der Waals surface area contributed by atoms with Crippen LogP contribution in [0.15, 0.2) is 22.2 Å². The van der Waals surface area contributed by atoms with Crippen LogP contribution in [0.4, 0.5) is 0 Å². The summed E-state index contributed by atoms with van der Waals surface area (Å²) >= 11 is 1.87. The van der Waals surface area contributed by atoms with Crippen molar-refractivity contribution in [3.63, 3.8) is 0 Å². The van der Waals surface area contributed by atoms with E-state index in [2.05, 4.69) is 24.6 Å². The Hall–Kier alpha value is -0.370. The lowest BCUT2D eigenvalue weighted by Gasteiger charge is -2.13. The largest absolute Gasteiger partial charge is 0.364 e. The molecule has 0 saturated heterocycles. The van der Waals surface area contributed by atoms with Crippen molar-refractivity contribution in [1.82, 2.24) is 5.32 Å². The van der Waals surface area contributed by atoms with Gasteiger partial charge in [-0.05, 0) is 25.2 Å². The molecule has 1 nitrogen and oxygen atoms in total. The highest BCUT2D eigenvalue weighted by Crippen LogP contribution is 2.28. The Balaban J connectivity index is 2.20. The van der Waals surface area contributed by atoms with Crippen LogP contribution in [-0.4, -0.2) is 0 Å². The van der Waals surface area contributed by atoms with Crippen LogP contribution in [-0.2, 0) is 0 Å². The summed E-state index contributed by atoms with van der Waals surface area (Å²) < 4.78 is 0. The average molecular weight is 197 g/mol. The van der Waals surface area contributed by atoms with E-state index in [0.717, 1.165) is 0 Å². The van der Waals surface area contributed by atoms with Gasteiger partial charge < -0.3 is 5.32 Å². The summed E-state index contributed by atoms with van der Waals surface area (Å²) in [5.74, 6) is 0. The fourth-order valence-corrected chi connectivity index (χ4v) is 2.20. The molecule has 1 rings (SSSR count). The molecule has 1 aliphatic rings. The number of hydrogen-bond donors (Lipinski definition) is 1. The van der Waals surface area contributed by atoms with E-state index in [-0.39, 0.29) is 0 Å². The number of thioether (sulfide) groups is 1. The molecule has 0 aliphatic carbocycles. The summed E-state index contributed by atoms with van der Waals surface area (Å²) in [7, 11) is 0. The van der Waals surface area contributed by atoms with E-state index in [1.165, 1.54) is 42.7 Å². The first-order chi connectivity index (χ1) is 6.34. The van der Waals surface area contributed by atoms with Gasteiger partial charge in [0.25, 0.3) is 0 Å². The molecule has 74 valence electrons. The van der Waals surface area contributed by atoms with Crippen molar-refractivity contribution >= 4 is 11.8 Å². The third kappa shape index (κ3) is 3.90. The molecule has 0 bridgehead atoms. The molecule has 0 atom stereocenters. The van der Waals surface area contributed by atoms with Crippen LogP contribution in [0, 0.1) is 0 Å². The Morgan fingerprint density at radius 3 is 2.85 bits per heavy atom. The second-order valence-electron chi connectivity index (χ2n) is 3.42. The smallest absolute Gasteiger partial charge is 0.0215 e. The van der Waals surface area contributed by atoms with Gasteiger partial charge in [0, 0.05) is 16.8 Å². The van der Waals surface area contributed by atoms with Gasteiger partial charge in [0.1, 0.15) is 0 Å². The van der Waals surface area contributed by atoms with Gasteiger partial charge in [-0.1, -0.05) is 37.9 Å². The Bertz CT molecular complexity index is 206. The zero-order chi connectivity index (χ0) is 9.52. The Morgan fingerprint density at radius 2 is 2.15 bits per heavy atom. The minimum absolute atomic E-state index is 1.24. The second kappa shape index (κ2) is 6.14. The van der Waals surface area contributed by atoms with Gasteiger partial charge in [-0.15, -0.1) is 0 Å². The fourth-order valence-electron chi connectivity index (χ4n) is 1.40. The lowest BCUT2D eigenvalue weighted by atomic mass is 10.1. The first-order valence-corrected chi connectivity index (χ1v) is 6.00. The third-order valence-electron chi connectivity index (χ3n) is 2.25. The molecule has 2 heteroatoms. The Labute approximate surface area is 85.7 Å². The number of hydrogen-bond acceptors (Lipinski definition) is 2. The first-order valence-electron chi connectivity index (χ1n) is 5.12. The monoisotopic (exact) mass is 197 g/mol. The number of unbranched alkanes of at least 4 members (excludes halogenated alkanes) is 3. The molecule has 0 fully saturated rings. The van der Waals surface area contributed by atoms with Crippen molar-refractivity contribution < 1.29 is 0 Å². The summed E-state index contributed by atoms with van der Waals surface area (Å²) in [6, 6.07) is 0. The minimum Gasteiger partial charge on any atom is -0.364 e. The molecule has 1 aliphatic heterocycles. The van der Waals surface area contributed by atoms with Gasteiger partial charge >= 0.3 is 0 Å². The molecule has 0 saturated carbocycles. The molecule has 13 heavy (non-hydrogen) atoms. The van der Waals surface area contributed by atoms with Crippen LogP contribution in [0.5, 0.6) is 0 Å². The maximum atomic E-state index is 3.25. The van der Waals surface area contributed by atoms with E-state index in [9.17, 15) is 0 Å². The van der Waals surface area contributed by atoms with Crippen molar-refractivity contribution in [3.05, 3.63) is 22.2 Å². The predicted octanol–water partition coefficient (Wildman–Crippen LogP) is 4.00. The molecular formula is C11H19NS. The van der Waals surface area contributed by atoms with Gasteiger partial charge in [0.15, 0.2) is 0 Å². The van der Waals surface area contributed by atoms with E-state index >= 15 is 0 Å².